The predicted molar refractivity (Wildman–Crippen MR) is 75.5 cm³/mol. The van der Waals surface area contributed by atoms with Crippen LogP contribution in [0.15, 0.2) is 18.2 Å². The molecule has 0 aromatic heterocycles. The van der Waals surface area contributed by atoms with E-state index in [1.54, 1.807) is 0 Å². The highest BCUT2D eigenvalue weighted by atomic mass is 79.9. The second-order valence-corrected chi connectivity index (χ2v) is 6.54. The molecule has 2 nitrogen and oxygen atoms in total. The fraction of sp³-hybridized carbons (Fsp3) is 0.600. The molecule has 18 heavy (non-hydrogen) atoms. The average molecular weight is 311 g/mol. The predicted octanol–water partition coefficient (Wildman–Crippen LogP) is 4.02. The molecule has 98 valence electrons. The number of ether oxygens (including phenoxy) is 2. The Balaban J connectivity index is 1.87. The van der Waals surface area contributed by atoms with Crippen LogP contribution < -0.4 is 4.74 Å². The summed E-state index contributed by atoms with van der Waals surface area (Å²) in [7, 11) is 0. The fourth-order valence-corrected chi connectivity index (χ4v) is 3.60. The summed E-state index contributed by atoms with van der Waals surface area (Å²) in [6, 6.07) is 6.52. The third-order valence-corrected chi connectivity index (χ3v) is 5.50. The topological polar surface area (TPSA) is 18.5 Å². The van der Waals surface area contributed by atoms with Crippen molar-refractivity contribution < 1.29 is 9.47 Å². The Hall–Kier alpha value is -0.540. The Labute approximate surface area is 117 Å². The molecule has 1 saturated heterocycles. The first kappa shape index (κ1) is 12.5. The summed E-state index contributed by atoms with van der Waals surface area (Å²) in [6.45, 7) is 5.20. The smallest absolute Gasteiger partial charge is 0.123 e. The van der Waals surface area contributed by atoms with Crippen LogP contribution in [-0.2, 0) is 11.2 Å². The van der Waals surface area contributed by atoms with Gasteiger partial charge in [-0.2, -0.15) is 0 Å². The van der Waals surface area contributed by atoms with Crippen molar-refractivity contribution in [2.24, 2.45) is 0 Å². The Kier molecular flexibility index (Phi) is 3.15. The first-order valence-corrected chi connectivity index (χ1v) is 7.57. The molecule has 0 aliphatic carbocycles. The molecule has 1 aromatic rings. The summed E-state index contributed by atoms with van der Waals surface area (Å²) < 4.78 is 11.7. The number of rotatable bonds is 2. The molecular weight excluding hydrogens is 292 g/mol. The van der Waals surface area contributed by atoms with E-state index in [0.717, 1.165) is 31.6 Å². The number of benzene rings is 1. The molecule has 2 aliphatic heterocycles. The third-order valence-electron chi connectivity index (χ3n) is 4.00. The Morgan fingerprint density at radius 1 is 1.44 bits per heavy atom. The van der Waals surface area contributed by atoms with E-state index in [1.165, 1.54) is 11.1 Å². The van der Waals surface area contributed by atoms with Crippen LogP contribution in [0.5, 0.6) is 5.75 Å². The fourth-order valence-electron chi connectivity index (χ4n) is 2.95. The van der Waals surface area contributed by atoms with Gasteiger partial charge in [-0.3, -0.25) is 0 Å². The lowest BCUT2D eigenvalue weighted by molar-refractivity contribution is 0.0197. The molecule has 3 atom stereocenters. The molecule has 3 heteroatoms. The first-order valence-electron chi connectivity index (χ1n) is 6.66. The zero-order chi connectivity index (χ0) is 12.8. The van der Waals surface area contributed by atoms with Crippen LogP contribution in [0.2, 0.25) is 0 Å². The van der Waals surface area contributed by atoms with Crippen molar-refractivity contribution in [2.75, 3.05) is 6.61 Å². The van der Waals surface area contributed by atoms with Crippen LogP contribution in [0.25, 0.3) is 0 Å². The van der Waals surface area contributed by atoms with Crippen molar-refractivity contribution in [3.63, 3.8) is 0 Å². The number of hydrogen-bond donors (Lipinski definition) is 0. The van der Waals surface area contributed by atoms with E-state index in [4.69, 9.17) is 9.47 Å². The maximum Gasteiger partial charge on any atom is 0.123 e. The Morgan fingerprint density at radius 3 is 3.00 bits per heavy atom. The molecule has 0 saturated carbocycles. The van der Waals surface area contributed by atoms with Gasteiger partial charge in [-0.1, -0.05) is 28.1 Å². The summed E-state index contributed by atoms with van der Waals surface area (Å²) in [5.41, 5.74) is 2.56. The van der Waals surface area contributed by atoms with Crippen molar-refractivity contribution in [3.05, 3.63) is 29.3 Å². The van der Waals surface area contributed by atoms with Crippen molar-refractivity contribution in [1.29, 1.82) is 0 Å². The summed E-state index contributed by atoms with van der Waals surface area (Å²) in [6.07, 6.45) is 3.60. The monoisotopic (exact) mass is 310 g/mol. The van der Waals surface area contributed by atoms with E-state index >= 15 is 0 Å². The second-order valence-electron chi connectivity index (χ2n) is 5.63. The normalized spacial score (nSPS) is 32.1. The highest BCUT2D eigenvalue weighted by Gasteiger charge is 2.38. The van der Waals surface area contributed by atoms with Crippen LogP contribution in [0.1, 0.15) is 42.6 Å². The van der Waals surface area contributed by atoms with Gasteiger partial charge < -0.3 is 9.47 Å². The van der Waals surface area contributed by atoms with Gasteiger partial charge in [0.15, 0.2) is 0 Å². The molecule has 3 rings (SSSR count). The van der Waals surface area contributed by atoms with Crippen LogP contribution in [0, 0.1) is 0 Å². The number of fused-ring (bicyclic) bond motifs is 1. The maximum atomic E-state index is 5.92. The van der Waals surface area contributed by atoms with Gasteiger partial charge in [0.05, 0.1) is 10.4 Å². The molecular formula is C15H19BrO2. The quantitative estimate of drug-likeness (QED) is 0.768. The van der Waals surface area contributed by atoms with Gasteiger partial charge in [0.2, 0.25) is 0 Å². The molecule has 1 aromatic carbocycles. The van der Waals surface area contributed by atoms with Crippen LogP contribution in [-0.4, -0.2) is 18.3 Å². The van der Waals surface area contributed by atoms with E-state index in [-0.39, 0.29) is 10.4 Å². The number of halogens is 1. The zero-order valence-electron chi connectivity index (χ0n) is 10.9. The van der Waals surface area contributed by atoms with Gasteiger partial charge in [-0.15, -0.1) is 0 Å². The van der Waals surface area contributed by atoms with Crippen LogP contribution in [0.4, 0.5) is 0 Å². The molecule has 3 unspecified atom stereocenters. The SMILES string of the molecule is CC1Cc2cc(C(Br)C3(C)CCCO3)ccc2O1. The molecule has 0 radical (unpaired) electrons. The van der Waals surface area contributed by atoms with E-state index in [9.17, 15) is 0 Å². The van der Waals surface area contributed by atoms with Crippen LogP contribution >= 0.6 is 15.9 Å². The van der Waals surface area contributed by atoms with Gasteiger partial charge >= 0.3 is 0 Å². The standard InChI is InChI=1S/C15H19BrO2/c1-10-8-12-9-11(4-5-13(12)18-10)14(16)15(2)6-3-7-17-15/h4-5,9-10,14H,3,6-8H2,1-2H3. The van der Waals surface area contributed by atoms with Crippen molar-refractivity contribution in [1.82, 2.24) is 0 Å². The second kappa shape index (κ2) is 4.53. The maximum absolute atomic E-state index is 5.92. The van der Waals surface area contributed by atoms with Gasteiger partial charge in [0.1, 0.15) is 11.9 Å². The van der Waals surface area contributed by atoms with Gasteiger partial charge in [-0.25, -0.2) is 0 Å². The minimum absolute atomic E-state index is 0.0701. The Morgan fingerprint density at radius 2 is 2.28 bits per heavy atom. The lowest BCUT2D eigenvalue weighted by Gasteiger charge is -2.29. The molecule has 0 bridgehead atoms. The van der Waals surface area contributed by atoms with Crippen molar-refractivity contribution >= 4 is 15.9 Å². The summed E-state index contributed by atoms with van der Waals surface area (Å²) in [5, 5.41) is 0. The largest absolute Gasteiger partial charge is 0.490 e. The van der Waals surface area contributed by atoms with Gasteiger partial charge in [-0.05, 0) is 43.9 Å². The molecule has 0 amide bonds. The lowest BCUT2D eigenvalue weighted by atomic mass is 9.92. The number of alkyl halides is 1. The van der Waals surface area contributed by atoms with Crippen molar-refractivity contribution in [3.8, 4) is 5.75 Å². The number of hydrogen-bond acceptors (Lipinski definition) is 2. The van der Waals surface area contributed by atoms with E-state index in [0.29, 0.717) is 6.10 Å². The van der Waals surface area contributed by atoms with Crippen molar-refractivity contribution in [2.45, 2.75) is 49.6 Å². The van der Waals surface area contributed by atoms with E-state index in [1.807, 2.05) is 0 Å². The van der Waals surface area contributed by atoms with Gasteiger partial charge in [0, 0.05) is 13.0 Å². The van der Waals surface area contributed by atoms with Gasteiger partial charge in [0.25, 0.3) is 0 Å². The molecule has 0 spiro atoms. The molecule has 0 N–H and O–H groups in total. The molecule has 2 aliphatic rings. The average Bonchev–Trinajstić information content (AvgIpc) is 2.93. The third kappa shape index (κ3) is 2.08. The summed E-state index contributed by atoms with van der Waals surface area (Å²) in [4.78, 5) is 0.258. The Bertz CT molecular complexity index is 452. The molecule has 2 heterocycles. The minimum Gasteiger partial charge on any atom is -0.490 e. The lowest BCUT2D eigenvalue weighted by Crippen LogP contribution is -2.28. The highest BCUT2D eigenvalue weighted by molar-refractivity contribution is 9.09. The van der Waals surface area contributed by atoms with E-state index in [2.05, 4.69) is 48.0 Å². The minimum atomic E-state index is -0.0701. The first-order chi connectivity index (χ1) is 8.58. The zero-order valence-corrected chi connectivity index (χ0v) is 12.5. The van der Waals surface area contributed by atoms with E-state index < -0.39 is 0 Å². The summed E-state index contributed by atoms with van der Waals surface area (Å²) in [5.74, 6) is 1.04. The summed E-state index contributed by atoms with van der Waals surface area (Å²) >= 11 is 3.83. The highest BCUT2D eigenvalue weighted by Crippen LogP contribution is 2.44. The molecule has 1 fully saturated rings. The van der Waals surface area contributed by atoms with Crippen LogP contribution in [0.3, 0.4) is 0 Å².